The molecule has 25 heavy (non-hydrogen) atoms. The Morgan fingerprint density at radius 1 is 0.960 bits per heavy atom. The van der Waals surface area contributed by atoms with E-state index in [0.29, 0.717) is 0 Å². The van der Waals surface area contributed by atoms with E-state index in [0.717, 1.165) is 10.8 Å². The van der Waals surface area contributed by atoms with Crippen LogP contribution in [0.4, 0.5) is 0 Å². The molecule has 0 spiro atoms. The molecule has 7 heteroatoms. The lowest BCUT2D eigenvalue weighted by atomic mass is 10.1. The fraction of sp³-hybridized carbons (Fsp3) is 0.0556. The third-order valence-corrected chi connectivity index (χ3v) is 4.94. The molecular formula is C18H16N2O4S. The van der Waals surface area contributed by atoms with Crippen LogP contribution in [-0.2, 0) is 10.0 Å². The Labute approximate surface area is 145 Å². The third kappa shape index (κ3) is 3.56. The molecule has 0 heterocycles. The van der Waals surface area contributed by atoms with Crippen molar-refractivity contribution in [3.63, 3.8) is 0 Å². The second-order valence-electron chi connectivity index (χ2n) is 5.50. The summed E-state index contributed by atoms with van der Waals surface area (Å²) in [5.41, 5.74) is 0.457. The summed E-state index contributed by atoms with van der Waals surface area (Å²) >= 11 is 0. The van der Waals surface area contributed by atoms with E-state index in [1.165, 1.54) is 31.2 Å². The van der Waals surface area contributed by atoms with Gasteiger partial charge < -0.3 is 10.2 Å². The monoisotopic (exact) mass is 356 g/mol. The topological polar surface area (TPSA) is 99.0 Å². The molecule has 0 saturated heterocycles. The Hall–Kier alpha value is -3.06. The van der Waals surface area contributed by atoms with Crippen LogP contribution in [0.3, 0.4) is 0 Å². The zero-order chi connectivity index (χ0) is 18.0. The van der Waals surface area contributed by atoms with Crippen LogP contribution in [-0.4, -0.2) is 24.3 Å². The van der Waals surface area contributed by atoms with Gasteiger partial charge in [-0.1, -0.05) is 30.3 Å². The number of nitrogens with zero attached hydrogens (tertiary/aromatic N) is 1. The molecule has 0 atom stereocenters. The summed E-state index contributed by atoms with van der Waals surface area (Å²) in [5, 5.41) is 24.9. The molecule has 0 fully saturated rings. The molecule has 3 aromatic carbocycles. The first-order valence-corrected chi connectivity index (χ1v) is 8.92. The fourth-order valence-corrected chi connectivity index (χ4v) is 3.28. The minimum atomic E-state index is -3.86. The lowest BCUT2D eigenvalue weighted by molar-refractivity contribution is 0.459. The van der Waals surface area contributed by atoms with Crippen molar-refractivity contribution < 1.29 is 18.6 Å². The van der Waals surface area contributed by atoms with Crippen molar-refractivity contribution in [1.82, 2.24) is 4.83 Å². The first-order valence-electron chi connectivity index (χ1n) is 7.44. The lowest BCUT2D eigenvalue weighted by Gasteiger charge is -2.08. The summed E-state index contributed by atoms with van der Waals surface area (Å²) in [6, 6.07) is 16.2. The molecule has 0 aliphatic heterocycles. The van der Waals surface area contributed by atoms with Gasteiger partial charge in [-0.2, -0.15) is 18.4 Å². The number of phenolic OH excluding ortho intramolecular Hbond substituents is 2. The van der Waals surface area contributed by atoms with Crippen molar-refractivity contribution in [2.75, 3.05) is 0 Å². The van der Waals surface area contributed by atoms with Gasteiger partial charge in [0.2, 0.25) is 0 Å². The number of nitrogens with one attached hydrogen (secondary N) is 1. The highest BCUT2D eigenvalue weighted by Crippen LogP contribution is 2.23. The van der Waals surface area contributed by atoms with Gasteiger partial charge in [0, 0.05) is 5.56 Å². The minimum Gasteiger partial charge on any atom is -0.508 e. The van der Waals surface area contributed by atoms with E-state index in [-0.39, 0.29) is 27.7 Å². The van der Waals surface area contributed by atoms with Crippen LogP contribution in [0.5, 0.6) is 11.5 Å². The number of aromatic hydroxyl groups is 2. The third-order valence-electron chi connectivity index (χ3n) is 3.73. The van der Waals surface area contributed by atoms with E-state index in [4.69, 9.17) is 0 Å². The lowest BCUT2D eigenvalue weighted by Crippen LogP contribution is -2.20. The van der Waals surface area contributed by atoms with E-state index in [1.807, 2.05) is 24.3 Å². The van der Waals surface area contributed by atoms with E-state index >= 15 is 0 Å². The highest BCUT2D eigenvalue weighted by molar-refractivity contribution is 7.89. The van der Waals surface area contributed by atoms with Crippen molar-refractivity contribution >= 4 is 26.5 Å². The first-order chi connectivity index (χ1) is 11.9. The van der Waals surface area contributed by atoms with Crippen molar-refractivity contribution in [3.05, 3.63) is 66.2 Å². The molecule has 0 bridgehead atoms. The molecule has 0 amide bonds. The quantitative estimate of drug-likeness (QED) is 0.380. The number of phenols is 2. The molecule has 0 aliphatic carbocycles. The largest absolute Gasteiger partial charge is 0.508 e. The second kappa shape index (κ2) is 6.45. The van der Waals surface area contributed by atoms with Crippen LogP contribution in [0, 0.1) is 0 Å². The SMILES string of the molecule is C/C(=N/NS(=O)(=O)c1ccc2ccccc2c1)c1cc(O)ccc1O. The van der Waals surface area contributed by atoms with Crippen molar-refractivity contribution in [2.24, 2.45) is 5.10 Å². The Kier molecular flexibility index (Phi) is 4.33. The van der Waals surface area contributed by atoms with E-state index < -0.39 is 10.0 Å². The molecule has 6 nitrogen and oxygen atoms in total. The number of benzene rings is 3. The van der Waals surface area contributed by atoms with Crippen LogP contribution in [0.15, 0.2) is 70.7 Å². The highest BCUT2D eigenvalue weighted by atomic mass is 32.2. The Morgan fingerprint density at radius 2 is 1.68 bits per heavy atom. The van der Waals surface area contributed by atoms with Gasteiger partial charge in [0.25, 0.3) is 10.0 Å². The van der Waals surface area contributed by atoms with Crippen LogP contribution in [0.25, 0.3) is 10.8 Å². The van der Waals surface area contributed by atoms with E-state index in [1.54, 1.807) is 12.1 Å². The Bertz CT molecular complexity index is 1080. The number of sulfonamides is 1. The average molecular weight is 356 g/mol. The molecule has 0 unspecified atom stereocenters. The van der Waals surface area contributed by atoms with Gasteiger partial charge >= 0.3 is 0 Å². The molecule has 0 aromatic heterocycles. The van der Waals surface area contributed by atoms with Gasteiger partial charge in [-0.25, -0.2) is 0 Å². The molecule has 0 saturated carbocycles. The molecule has 3 aromatic rings. The number of hydrazone groups is 1. The molecule has 3 N–H and O–H groups in total. The Morgan fingerprint density at radius 3 is 2.44 bits per heavy atom. The van der Waals surface area contributed by atoms with Gasteiger partial charge in [-0.15, -0.1) is 0 Å². The number of rotatable bonds is 4. The summed E-state index contributed by atoms with van der Waals surface area (Å²) in [4.78, 5) is 2.24. The predicted octanol–water partition coefficient (Wildman–Crippen LogP) is 2.95. The standard InChI is InChI=1S/C18H16N2O4S/c1-12(17-11-15(21)7-9-18(17)22)19-20-25(23,24)16-8-6-13-4-2-3-5-14(13)10-16/h2-11,20-22H,1H3/b19-12-. The summed E-state index contributed by atoms with van der Waals surface area (Å²) in [5.74, 6) is -0.163. The van der Waals surface area contributed by atoms with Crippen molar-refractivity contribution in [2.45, 2.75) is 11.8 Å². The number of hydrogen-bond donors (Lipinski definition) is 3. The molecule has 3 rings (SSSR count). The Balaban J connectivity index is 1.91. The summed E-state index contributed by atoms with van der Waals surface area (Å²) in [7, 11) is -3.86. The van der Waals surface area contributed by atoms with Gasteiger partial charge in [0.15, 0.2) is 0 Å². The zero-order valence-corrected chi connectivity index (χ0v) is 14.2. The van der Waals surface area contributed by atoms with Crippen molar-refractivity contribution in [1.29, 1.82) is 0 Å². The number of fused-ring (bicyclic) bond motifs is 1. The zero-order valence-electron chi connectivity index (χ0n) is 13.3. The maximum atomic E-state index is 12.4. The van der Waals surface area contributed by atoms with Crippen molar-refractivity contribution in [3.8, 4) is 11.5 Å². The molecule has 128 valence electrons. The smallest absolute Gasteiger partial charge is 0.276 e. The predicted molar refractivity (Wildman–Crippen MR) is 96.3 cm³/mol. The fourth-order valence-electron chi connectivity index (χ4n) is 2.39. The second-order valence-corrected chi connectivity index (χ2v) is 7.16. The van der Waals surface area contributed by atoms with Crippen LogP contribution < -0.4 is 4.83 Å². The maximum absolute atomic E-state index is 12.4. The molecular weight excluding hydrogens is 340 g/mol. The van der Waals surface area contributed by atoms with Crippen LogP contribution in [0.1, 0.15) is 12.5 Å². The van der Waals surface area contributed by atoms with Gasteiger partial charge in [-0.05, 0) is 48.0 Å². The maximum Gasteiger partial charge on any atom is 0.276 e. The summed E-state index contributed by atoms with van der Waals surface area (Å²) in [6.07, 6.45) is 0. The normalized spacial score (nSPS) is 12.3. The van der Waals surface area contributed by atoms with Gasteiger partial charge in [-0.3, -0.25) is 0 Å². The molecule has 0 aliphatic rings. The average Bonchev–Trinajstić information content (AvgIpc) is 2.61. The first kappa shape index (κ1) is 16.8. The summed E-state index contributed by atoms with van der Waals surface area (Å²) < 4.78 is 24.9. The summed E-state index contributed by atoms with van der Waals surface area (Å²) in [6.45, 7) is 1.53. The van der Waals surface area contributed by atoms with E-state index in [2.05, 4.69) is 9.93 Å². The van der Waals surface area contributed by atoms with Gasteiger partial charge in [0.05, 0.1) is 10.6 Å². The minimum absolute atomic E-state index is 0.0558. The van der Waals surface area contributed by atoms with Gasteiger partial charge in [0.1, 0.15) is 11.5 Å². The number of hydrogen-bond acceptors (Lipinski definition) is 5. The van der Waals surface area contributed by atoms with Crippen LogP contribution >= 0.6 is 0 Å². The highest BCUT2D eigenvalue weighted by Gasteiger charge is 2.14. The molecule has 0 radical (unpaired) electrons. The van der Waals surface area contributed by atoms with Crippen LogP contribution in [0.2, 0.25) is 0 Å². The van der Waals surface area contributed by atoms with E-state index in [9.17, 15) is 18.6 Å².